The third-order valence-electron chi connectivity index (χ3n) is 32.0. The maximum Gasteiger partial charge on any atom is 0.318 e. The summed E-state index contributed by atoms with van der Waals surface area (Å²) in [6.07, 6.45) is -9.11. The lowest BCUT2D eigenvalue weighted by Crippen LogP contribution is -2.73. The molecule has 0 aromatic heterocycles. The van der Waals surface area contributed by atoms with Crippen molar-refractivity contribution in [1.29, 1.82) is 0 Å². The zero-order valence-corrected chi connectivity index (χ0v) is 60.4. The largest absolute Gasteiger partial charge is 0.468 e. The predicted molar refractivity (Wildman–Crippen MR) is 351 cm³/mol. The van der Waals surface area contributed by atoms with E-state index in [0.29, 0.717) is 83.5 Å². The molecule has 0 bridgehead atoms. The molecular formula is C75H118O23. The van der Waals surface area contributed by atoms with E-state index >= 15 is 14.4 Å². The van der Waals surface area contributed by atoms with Crippen molar-refractivity contribution in [3.05, 3.63) is 23.3 Å². The predicted octanol–water partition coefficient (Wildman–Crippen LogP) is 4.32. The summed E-state index contributed by atoms with van der Waals surface area (Å²) in [6.45, 7) is 21.5. The normalized spacial score (nSPS) is 55.7. The first-order valence-corrected chi connectivity index (χ1v) is 36.7. The molecule has 0 unspecified atom stereocenters. The standard InChI is InChI=1S/C75H118O23/c1-37-19-25-73(36-94-59-53(83)51(81)49(79)43(95-59)33-91-12)29-27-66(5)39(55(73)71(37,10)89)15-17-46-65(4)32-42(78)58(75(35-76,63(88)93-14)48(65)22-24-69(46,66)8)97-61(86)70(9)47-21-23-68(7)45(64(47,3)31-41(77)57(70)85)18-16-40-56-72(11,90)38(2)20-26-74(56,30-28-67(40,68)6)62(87)98-60-54(84)52(82)50(80)44(96-60)34-92-13/h15-16,37-38,41-60,76-85,89-90H,17-36H2,1-14H3/t37-,38-,41-,42-,43-,44-,45-,46-,47-,48-,49-,50-,51+,52+,53-,54-,55-,56-,57+,58-,59-,60+,64-,65-,66-,67-,68-,69-,70+,71-,72-,73-,74+,75-/m1/s1. The summed E-state index contributed by atoms with van der Waals surface area (Å²) in [6, 6.07) is 0. The number of hydrogen-bond donors (Lipinski definition) is 12. The smallest absolute Gasteiger partial charge is 0.318 e. The Morgan fingerprint density at radius 1 is 0.520 bits per heavy atom. The van der Waals surface area contributed by atoms with Crippen molar-refractivity contribution in [2.24, 2.45) is 101 Å². The first-order chi connectivity index (χ1) is 45.7. The van der Waals surface area contributed by atoms with Crippen LogP contribution in [0.3, 0.4) is 0 Å². The van der Waals surface area contributed by atoms with E-state index in [1.165, 1.54) is 21.3 Å². The molecule has 0 aromatic carbocycles. The van der Waals surface area contributed by atoms with Crippen LogP contribution in [0.4, 0.5) is 0 Å². The molecule has 10 fully saturated rings. The number of allylic oxidation sites excluding steroid dienone is 2. The Morgan fingerprint density at radius 3 is 1.56 bits per heavy atom. The van der Waals surface area contributed by atoms with Gasteiger partial charge >= 0.3 is 17.9 Å². The van der Waals surface area contributed by atoms with Crippen molar-refractivity contribution in [2.75, 3.05) is 47.8 Å². The monoisotopic (exact) mass is 1390 g/mol. The molecule has 34 atom stereocenters. The van der Waals surface area contributed by atoms with Gasteiger partial charge in [0.25, 0.3) is 0 Å². The first kappa shape index (κ1) is 74.9. The van der Waals surface area contributed by atoms with Crippen LogP contribution in [0.25, 0.3) is 0 Å². The Bertz CT molecular complexity index is 3100. The molecule has 12 rings (SSSR count). The average Bonchev–Trinajstić information content (AvgIpc) is 0.673. The van der Waals surface area contributed by atoms with Gasteiger partial charge in [-0.1, -0.05) is 78.7 Å². The fourth-order valence-corrected chi connectivity index (χ4v) is 25.7. The molecule has 2 saturated heterocycles. The van der Waals surface area contributed by atoms with Crippen molar-refractivity contribution in [3.63, 3.8) is 0 Å². The van der Waals surface area contributed by atoms with Gasteiger partial charge in [0.1, 0.15) is 60.4 Å². The molecule has 23 nitrogen and oxygen atoms in total. The van der Waals surface area contributed by atoms with Gasteiger partial charge in [0, 0.05) is 31.5 Å². The minimum absolute atomic E-state index is 0.0403. The fraction of sp³-hybridized carbons (Fsp3) is 0.907. The second-order valence-corrected chi connectivity index (χ2v) is 35.7. The Balaban J connectivity index is 0.834. The highest BCUT2D eigenvalue weighted by atomic mass is 16.7. The van der Waals surface area contributed by atoms with Crippen LogP contribution < -0.4 is 0 Å². The number of rotatable bonds is 13. The van der Waals surface area contributed by atoms with Gasteiger partial charge in [0.2, 0.25) is 6.29 Å². The topological polar surface area (TPSA) is 368 Å². The van der Waals surface area contributed by atoms with E-state index in [0.717, 1.165) is 11.1 Å². The van der Waals surface area contributed by atoms with Crippen LogP contribution in [0, 0.1) is 101 Å². The zero-order valence-electron chi connectivity index (χ0n) is 60.4. The van der Waals surface area contributed by atoms with Gasteiger partial charge < -0.3 is 99.2 Å². The second kappa shape index (κ2) is 25.2. The molecule has 0 amide bonds. The van der Waals surface area contributed by atoms with Crippen molar-refractivity contribution < 1.29 is 114 Å². The fourth-order valence-electron chi connectivity index (χ4n) is 25.7. The molecule has 2 heterocycles. The quantitative estimate of drug-likeness (QED) is 0.0694. The lowest BCUT2D eigenvalue weighted by atomic mass is 9.32. The molecule has 98 heavy (non-hydrogen) atoms. The summed E-state index contributed by atoms with van der Waals surface area (Å²) >= 11 is 0. The molecule has 556 valence electrons. The lowest BCUT2D eigenvalue weighted by Gasteiger charge is -2.72. The highest BCUT2D eigenvalue weighted by Gasteiger charge is 2.78. The molecule has 2 aliphatic heterocycles. The van der Waals surface area contributed by atoms with E-state index in [1.807, 2.05) is 13.8 Å². The average molecular weight is 1390 g/mol. The number of aliphatic hydroxyl groups is 12. The van der Waals surface area contributed by atoms with Gasteiger partial charge in [-0.3, -0.25) is 14.4 Å². The number of aliphatic hydroxyl groups excluding tert-OH is 10. The highest BCUT2D eigenvalue weighted by Crippen LogP contribution is 2.79. The summed E-state index contributed by atoms with van der Waals surface area (Å²) in [4.78, 5) is 46.3. The summed E-state index contributed by atoms with van der Waals surface area (Å²) < 4.78 is 47.5. The van der Waals surface area contributed by atoms with E-state index in [9.17, 15) is 61.3 Å². The van der Waals surface area contributed by atoms with Gasteiger partial charge in [-0.05, 0) is 192 Å². The van der Waals surface area contributed by atoms with Gasteiger partial charge in [0.15, 0.2) is 6.29 Å². The van der Waals surface area contributed by atoms with Gasteiger partial charge in [0.05, 0.1) is 73.9 Å². The molecule has 12 N–H and O–H groups in total. The third kappa shape index (κ3) is 10.1. The van der Waals surface area contributed by atoms with Gasteiger partial charge in [-0.15, -0.1) is 0 Å². The lowest BCUT2D eigenvalue weighted by molar-refractivity contribution is -0.313. The summed E-state index contributed by atoms with van der Waals surface area (Å²) in [5.41, 5.74) is -10.5. The van der Waals surface area contributed by atoms with E-state index in [1.54, 1.807) is 13.8 Å². The van der Waals surface area contributed by atoms with E-state index in [2.05, 4.69) is 60.6 Å². The number of methoxy groups -OCH3 is 3. The number of carbonyl (C=O) groups excluding carboxylic acids is 3. The summed E-state index contributed by atoms with van der Waals surface area (Å²) in [5, 5.41) is 142. The first-order valence-electron chi connectivity index (χ1n) is 36.7. The van der Waals surface area contributed by atoms with E-state index in [4.69, 9.17) is 37.9 Å². The molecule has 8 saturated carbocycles. The molecule has 23 heteroatoms. The van der Waals surface area contributed by atoms with Crippen molar-refractivity contribution in [1.82, 2.24) is 0 Å². The molecule has 10 aliphatic carbocycles. The minimum Gasteiger partial charge on any atom is -0.468 e. The van der Waals surface area contributed by atoms with Crippen LogP contribution in [-0.4, -0.2) is 224 Å². The zero-order chi connectivity index (χ0) is 71.8. The third-order valence-corrected chi connectivity index (χ3v) is 32.0. The van der Waals surface area contributed by atoms with E-state index < -0.39 is 199 Å². The minimum atomic E-state index is -2.00. The summed E-state index contributed by atoms with van der Waals surface area (Å²) in [7, 11) is 4.06. The molecular weight excluding hydrogens is 1270 g/mol. The number of ether oxygens (including phenoxy) is 8. The van der Waals surface area contributed by atoms with Crippen LogP contribution in [-0.2, 0) is 52.3 Å². The number of carbonyl (C=O) groups is 3. The Kier molecular flexibility index (Phi) is 19.3. The SMILES string of the molecule is COC[C@H]1O[C@@H](OC[C@]23CC[C@@H](C)[C@@](C)(O)[C@H]2C2=CC[C@@H]4[C@@]5(C)C[C@@H](O)[C@@H](OC(=O)[C@@]6(C)[C@@H]7CC[C@]8(C)[C@H](CC=C9[C@H]%10[C@](C(=O)O[C@@H]%11O[C@H](COC)[C@@H](O)[C@H](O)[C@H]%11O)(CC[C@@H](C)[C@@]%10(C)O)CC[C@]98C)[C@@]7(C)C[C@@H](O)[C@@H]6O)[C@](CO)(C(=O)OC)[C@@H]5CC[C@@]4(C)[C@]2(C)CC3)[C@H](O)[C@@H](O)[C@@H]1O. The van der Waals surface area contributed by atoms with Crippen molar-refractivity contribution in [2.45, 2.75) is 276 Å². The molecule has 0 spiro atoms. The van der Waals surface area contributed by atoms with Crippen LogP contribution in [0.2, 0.25) is 0 Å². The highest BCUT2D eigenvalue weighted by molar-refractivity contribution is 5.82. The second-order valence-electron chi connectivity index (χ2n) is 35.7. The molecule has 0 radical (unpaired) electrons. The molecule has 12 aliphatic rings. The maximum absolute atomic E-state index is 16.0. The number of hydrogen-bond acceptors (Lipinski definition) is 23. The van der Waals surface area contributed by atoms with E-state index in [-0.39, 0.29) is 62.8 Å². The van der Waals surface area contributed by atoms with Gasteiger partial charge in [-0.25, -0.2) is 0 Å². The molecule has 0 aromatic rings. The number of fused-ring (bicyclic) bond motifs is 14. The Labute approximate surface area is 577 Å². The number of esters is 3. The van der Waals surface area contributed by atoms with Crippen LogP contribution in [0.1, 0.15) is 179 Å². The van der Waals surface area contributed by atoms with Crippen molar-refractivity contribution in [3.8, 4) is 0 Å². The van der Waals surface area contributed by atoms with Crippen LogP contribution >= 0.6 is 0 Å². The Hall–Kier alpha value is -2.79. The van der Waals surface area contributed by atoms with Gasteiger partial charge in [-0.2, -0.15) is 0 Å². The van der Waals surface area contributed by atoms with Crippen LogP contribution in [0.5, 0.6) is 0 Å². The maximum atomic E-state index is 16.0. The van der Waals surface area contributed by atoms with Crippen LogP contribution in [0.15, 0.2) is 23.3 Å². The summed E-state index contributed by atoms with van der Waals surface area (Å²) in [5.74, 6) is -5.80. The van der Waals surface area contributed by atoms with Crippen molar-refractivity contribution >= 4 is 17.9 Å². The Morgan fingerprint density at radius 2 is 1.01 bits per heavy atom.